The summed E-state index contributed by atoms with van der Waals surface area (Å²) in [6.07, 6.45) is 6.37. The highest BCUT2D eigenvalue weighted by Gasteiger charge is 2.58. The van der Waals surface area contributed by atoms with E-state index in [-0.39, 0.29) is 6.10 Å². The SMILES string of the molecule is NC1CCCC1CN1CC2CC3CC2C1C3O. The minimum atomic E-state index is -0.0311. The molecule has 3 nitrogen and oxygen atoms in total. The third-order valence-electron chi connectivity index (χ3n) is 6.14. The third kappa shape index (κ3) is 1.45. The van der Waals surface area contributed by atoms with Crippen LogP contribution in [0.25, 0.3) is 0 Å². The van der Waals surface area contributed by atoms with E-state index in [1.807, 2.05) is 0 Å². The number of fused-ring (bicyclic) bond motifs is 1. The lowest BCUT2D eigenvalue weighted by atomic mass is 9.88. The number of nitrogens with zero attached hydrogens (tertiary/aromatic N) is 1. The van der Waals surface area contributed by atoms with E-state index in [0.717, 1.165) is 18.4 Å². The van der Waals surface area contributed by atoms with Crippen molar-refractivity contribution in [3.8, 4) is 0 Å². The van der Waals surface area contributed by atoms with Gasteiger partial charge in [0.05, 0.1) is 6.10 Å². The van der Waals surface area contributed by atoms with Crippen LogP contribution in [-0.4, -0.2) is 41.3 Å². The first-order valence-corrected chi connectivity index (χ1v) is 7.41. The molecule has 7 atom stereocenters. The first-order valence-electron chi connectivity index (χ1n) is 7.41. The van der Waals surface area contributed by atoms with Gasteiger partial charge in [-0.15, -0.1) is 0 Å². The average molecular weight is 236 g/mol. The van der Waals surface area contributed by atoms with Crippen LogP contribution < -0.4 is 5.73 Å². The molecule has 17 heavy (non-hydrogen) atoms. The lowest BCUT2D eigenvalue weighted by Gasteiger charge is -2.31. The number of likely N-dealkylation sites (tertiary alicyclic amines) is 1. The Balaban J connectivity index is 1.49. The molecular weight excluding hydrogens is 212 g/mol. The first-order chi connectivity index (χ1) is 8.24. The van der Waals surface area contributed by atoms with Gasteiger partial charge in [-0.25, -0.2) is 0 Å². The van der Waals surface area contributed by atoms with Crippen LogP contribution in [0.5, 0.6) is 0 Å². The summed E-state index contributed by atoms with van der Waals surface area (Å²) in [5, 5.41) is 10.3. The van der Waals surface area contributed by atoms with E-state index in [9.17, 15) is 5.11 Å². The maximum absolute atomic E-state index is 10.3. The van der Waals surface area contributed by atoms with Gasteiger partial charge in [-0.2, -0.15) is 0 Å². The molecule has 0 amide bonds. The monoisotopic (exact) mass is 236 g/mol. The van der Waals surface area contributed by atoms with Gasteiger partial charge in [-0.1, -0.05) is 6.42 Å². The topological polar surface area (TPSA) is 49.5 Å². The van der Waals surface area contributed by atoms with Crippen LogP contribution in [0.1, 0.15) is 32.1 Å². The molecule has 4 fully saturated rings. The minimum Gasteiger partial charge on any atom is -0.391 e. The second-order valence-electron chi connectivity index (χ2n) is 6.95. The Morgan fingerprint density at radius 1 is 1.18 bits per heavy atom. The van der Waals surface area contributed by atoms with Crippen molar-refractivity contribution < 1.29 is 5.11 Å². The summed E-state index contributed by atoms with van der Waals surface area (Å²) in [5.74, 6) is 3.02. The van der Waals surface area contributed by atoms with E-state index in [1.165, 1.54) is 38.6 Å². The van der Waals surface area contributed by atoms with Crippen LogP contribution in [0, 0.1) is 23.7 Å². The molecule has 0 aromatic rings. The fraction of sp³-hybridized carbons (Fsp3) is 1.00. The summed E-state index contributed by atoms with van der Waals surface area (Å²) < 4.78 is 0. The Morgan fingerprint density at radius 2 is 2.06 bits per heavy atom. The molecule has 4 rings (SSSR count). The quantitative estimate of drug-likeness (QED) is 0.746. The zero-order chi connectivity index (χ0) is 11.6. The Hall–Kier alpha value is -0.120. The van der Waals surface area contributed by atoms with Gasteiger partial charge < -0.3 is 10.8 Å². The molecular formula is C14H24N2O. The number of hydrogen-bond donors (Lipinski definition) is 2. The highest BCUT2D eigenvalue weighted by molar-refractivity contribution is 5.11. The first kappa shape index (κ1) is 10.8. The Labute approximate surface area is 103 Å². The second kappa shape index (κ2) is 3.69. The molecule has 7 unspecified atom stereocenters. The molecule has 3 aliphatic carbocycles. The highest BCUT2D eigenvalue weighted by atomic mass is 16.3. The molecule has 1 saturated heterocycles. The van der Waals surface area contributed by atoms with Crippen molar-refractivity contribution in [1.82, 2.24) is 4.90 Å². The predicted octanol–water partition coefficient (Wildman–Crippen LogP) is 0.815. The standard InChI is InChI=1S/C14H24N2O/c15-12-3-1-2-8(12)6-16-7-10-4-9-5-11(10)13(16)14(9)17/h8-14,17H,1-7,15H2. The minimum absolute atomic E-state index is 0.0311. The summed E-state index contributed by atoms with van der Waals surface area (Å²) in [6, 6.07) is 0.911. The van der Waals surface area contributed by atoms with Crippen molar-refractivity contribution in [2.24, 2.45) is 29.4 Å². The molecule has 3 heteroatoms. The summed E-state index contributed by atoms with van der Waals surface area (Å²) in [6.45, 7) is 2.40. The van der Waals surface area contributed by atoms with Crippen molar-refractivity contribution in [2.45, 2.75) is 50.3 Å². The van der Waals surface area contributed by atoms with Crippen LogP contribution in [-0.2, 0) is 0 Å². The normalized spacial score (nSPS) is 57.2. The maximum Gasteiger partial charge on any atom is 0.0726 e. The van der Waals surface area contributed by atoms with E-state index >= 15 is 0 Å². The van der Waals surface area contributed by atoms with E-state index in [2.05, 4.69) is 4.90 Å². The molecule has 1 aliphatic heterocycles. The van der Waals surface area contributed by atoms with E-state index < -0.39 is 0 Å². The van der Waals surface area contributed by atoms with Crippen molar-refractivity contribution in [1.29, 1.82) is 0 Å². The number of nitrogens with two attached hydrogens (primary N) is 1. The van der Waals surface area contributed by atoms with Crippen molar-refractivity contribution >= 4 is 0 Å². The molecule has 1 heterocycles. The van der Waals surface area contributed by atoms with Crippen molar-refractivity contribution in [3.05, 3.63) is 0 Å². The summed E-state index contributed by atoms with van der Waals surface area (Å²) >= 11 is 0. The van der Waals surface area contributed by atoms with E-state index in [1.54, 1.807) is 0 Å². The summed E-state index contributed by atoms with van der Waals surface area (Å²) in [7, 11) is 0. The van der Waals surface area contributed by atoms with Crippen molar-refractivity contribution in [3.63, 3.8) is 0 Å². The lowest BCUT2D eigenvalue weighted by molar-refractivity contribution is 0.0450. The lowest BCUT2D eigenvalue weighted by Crippen LogP contribution is -2.44. The smallest absolute Gasteiger partial charge is 0.0726 e. The number of rotatable bonds is 2. The fourth-order valence-electron chi connectivity index (χ4n) is 5.34. The number of aliphatic hydroxyl groups excluding tert-OH is 1. The average Bonchev–Trinajstić information content (AvgIpc) is 2.96. The number of aliphatic hydroxyl groups is 1. The zero-order valence-corrected chi connectivity index (χ0v) is 10.5. The molecule has 2 bridgehead atoms. The molecule has 0 aromatic carbocycles. The van der Waals surface area contributed by atoms with Crippen LogP contribution in [0.4, 0.5) is 0 Å². The fourth-order valence-corrected chi connectivity index (χ4v) is 5.34. The second-order valence-corrected chi connectivity index (χ2v) is 6.95. The van der Waals surface area contributed by atoms with Gasteiger partial charge in [0.2, 0.25) is 0 Å². The third-order valence-corrected chi connectivity index (χ3v) is 6.14. The molecule has 0 radical (unpaired) electrons. The Morgan fingerprint density at radius 3 is 2.76 bits per heavy atom. The van der Waals surface area contributed by atoms with Gasteiger partial charge >= 0.3 is 0 Å². The van der Waals surface area contributed by atoms with E-state index in [0.29, 0.717) is 23.9 Å². The molecule has 3 saturated carbocycles. The molecule has 96 valence electrons. The Bertz CT molecular complexity index is 319. The molecule has 0 spiro atoms. The predicted molar refractivity (Wildman–Crippen MR) is 66.4 cm³/mol. The van der Waals surface area contributed by atoms with Gasteiger partial charge in [0, 0.05) is 25.2 Å². The highest BCUT2D eigenvalue weighted by Crippen LogP contribution is 2.55. The largest absolute Gasteiger partial charge is 0.391 e. The van der Waals surface area contributed by atoms with Crippen LogP contribution in [0.3, 0.4) is 0 Å². The van der Waals surface area contributed by atoms with Crippen LogP contribution in [0.2, 0.25) is 0 Å². The molecule has 3 N–H and O–H groups in total. The van der Waals surface area contributed by atoms with Gasteiger partial charge in [-0.05, 0) is 49.4 Å². The summed E-state index contributed by atoms with van der Waals surface area (Å²) in [5.41, 5.74) is 6.18. The van der Waals surface area contributed by atoms with Gasteiger partial charge in [0.1, 0.15) is 0 Å². The van der Waals surface area contributed by atoms with Gasteiger partial charge in [0.25, 0.3) is 0 Å². The van der Waals surface area contributed by atoms with Gasteiger partial charge in [-0.3, -0.25) is 4.90 Å². The number of hydrogen-bond acceptors (Lipinski definition) is 3. The molecule has 4 aliphatic rings. The molecule has 0 aromatic heterocycles. The zero-order valence-electron chi connectivity index (χ0n) is 10.5. The Kier molecular flexibility index (Phi) is 2.34. The van der Waals surface area contributed by atoms with E-state index in [4.69, 9.17) is 5.73 Å². The van der Waals surface area contributed by atoms with Crippen LogP contribution >= 0.6 is 0 Å². The van der Waals surface area contributed by atoms with Crippen molar-refractivity contribution in [2.75, 3.05) is 13.1 Å². The maximum atomic E-state index is 10.3. The van der Waals surface area contributed by atoms with Gasteiger partial charge in [0.15, 0.2) is 0 Å². The van der Waals surface area contributed by atoms with Crippen LogP contribution in [0.15, 0.2) is 0 Å². The summed E-state index contributed by atoms with van der Waals surface area (Å²) in [4.78, 5) is 2.60.